The SMILES string of the molecule is O=C(O)CCCCNC1CCCS(=O)(=O)C1. The number of carboxylic acid groups (broad SMARTS) is 1. The van der Waals surface area contributed by atoms with E-state index in [2.05, 4.69) is 5.32 Å². The van der Waals surface area contributed by atoms with Crippen LogP contribution in [0.3, 0.4) is 0 Å². The van der Waals surface area contributed by atoms with Gasteiger partial charge in [0.15, 0.2) is 9.84 Å². The summed E-state index contributed by atoms with van der Waals surface area (Å²) in [6, 6.07) is 0.0589. The third-order valence-electron chi connectivity index (χ3n) is 2.71. The van der Waals surface area contributed by atoms with Crippen molar-refractivity contribution in [2.45, 2.75) is 38.1 Å². The molecular weight excluding hydrogens is 230 g/mol. The van der Waals surface area contributed by atoms with E-state index in [1.165, 1.54) is 0 Å². The second kappa shape index (κ2) is 6.20. The normalized spacial score (nSPS) is 24.1. The Balaban J connectivity index is 2.11. The lowest BCUT2D eigenvalue weighted by molar-refractivity contribution is -0.137. The molecule has 1 heterocycles. The van der Waals surface area contributed by atoms with Crippen molar-refractivity contribution < 1.29 is 18.3 Å². The fourth-order valence-electron chi connectivity index (χ4n) is 1.89. The number of hydrogen-bond donors (Lipinski definition) is 2. The smallest absolute Gasteiger partial charge is 0.303 e. The van der Waals surface area contributed by atoms with Crippen molar-refractivity contribution in [3.05, 3.63) is 0 Å². The number of carboxylic acids is 1. The number of aliphatic carboxylic acids is 1. The molecule has 0 bridgehead atoms. The Morgan fingerprint density at radius 1 is 1.38 bits per heavy atom. The summed E-state index contributed by atoms with van der Waals surface area (Å²) in [7, 11) is -2.84. The van der Waals surface area contributed by atoms with Crippen molar-refractivity contribution in [2.75, 3.05) is 18.1 Å². The molecule has 1 unspecified atom stereocenters. The second-order valence-electron chi connectivity index (χ2n) is 4.26. The first-order chi connectivity index (χ1) is 7.49. The van der Waals surface area contributed by atoms with Gasteiger partial charge in [0.2, 0.25) is 0 Å². The van der Waals surface area contributed by atoms with Crippen LogP contribution in [0.1, 0.15) is 32.1 Å². The first-order valence-corrected chi connectivity index (χ1v) is 7.47. The summed E-state index contributed by atoms with van der Waals surface area (Å²) in [4.78, 5) is 10.2. The summed E-state index contributed by atoms with van der Waals surface area (Å²) >= 11 is 0. The Labute approximate surface area is 96.1 Å². The van der Waals surface area contributed by atoms with Crippen molar-refractivity contribution in [3.8, 4) is 0 Å². The van der Waals surface area contributed by atoms with Gasteiger partial charge in [-0.15, -0.1) is 0 Å². The van der Waals surface area contributed by atoms with Crippen LogP contribution in [0.2, 0.25) is 0 Å². The largest absolute Gasteiger partial charge is 0.481 e. The molecule has 0 aromatic carbocycles. The highest BCUT2D eigenvalue weighted by molar-refractivity contribution is 7.91. The first-order valence-electron chi connectivity index (χ1n) is 5.65. The van der Waals surface area contributed by atoms with Gasteiger partial charge in [-0.1, -0.05) is 0 Å². The molecule has 94 valence electrons. The van der Waals surface area contributed by atoms with Crippen LogP contribution in [-0.2, 0) is 14.6 Å². The Morgan fingerprint density at radius 2 is 2.12 bits per heavy atom. The van der Waals surface area contributed by atoms with Crippen molar-refractivity contribution >= 4 is 15.8 Å². The average molecular weight is 249 g/mol. The lowest BCUT2D eigenvalue weighted by Crippen LogP contribution is -2.40. The van der Waals surface area contributed by atoms with Gasteiger partial charge < -0.3 is 10.4 Å². The predicted molar refractivity (Wildman–Crippen MR) is 61.2 cm³/mol. The molecule has 0 spiro atoms. The van der Waals surface area contributed by atoms with E-state index in [-0.39, 0.29) is 18.2 Å². The molecule has 1 rings (SSSR count). The molecule has 1 saturated heterocycles. The minimum absolute atomic E-state index is 0.0589. The molecule has 0 aromatic rings. The van der Waals surface area contributed by atoms with Gasteiger partial charge in [-0.2, -0.15) is 0 Å². The molecule has 0 saturated carbocycles. The Kier molecular flexibility index (Phi) is 5.21. The number of carbonyl (C=O) groups is 1. The average Bonchev–Trinajstić information content (AvgIpc) is 2.15. The molecule has 1 fully saturated rings. The van der Waals surface area contributed by atoms with Gasteiger partial charge in [-0.25, -0.2) is 8.42 Å². The topological polar surface area (TPSA) is 83.5 Å². The third kappa shape index (κ3) is 5.46. The fraction of sp³-hybridized carbons (Fsp3) is 0.900. The molecule has 0 amide bonds. The fourth-order valence-corrected chi connectivity index (χ4v) is 3.56. The molecule has 1 aliphatic heterocycles. The molecule has 1 aliphatic rings. The number of rotatable bonds is 6. The number of hydrogen-bond acceptors (Lipinski definition) is 4. The van der Waals surface area contributed by atoms with E-state index in [4.69, 9.17) is 5.11 Å². The highest BCUT2D eigenvalue weighted by Crippen LogP contribution is 2.11. The maximum atomic E-state index is 11.3. The van der Waals surface area contributed by atoms with Crippen molar-refractivity contribution in [1.29, 1.82) is 0 Å². The van der Waals surface area contributed by atoms with E-state index >= 15 is 0 Å². The molecule has 2 N–H and O–H groups in total. The summed E-state index contributed by atoms with van der Waals surface area (Å²) in [6.45, 7) is 0.702. The maximum absolute atomic E-state index is 11.3. The van der Waals surface area contributed by atoms with E-state index in [9.17, 15) is 13.2 Å². The summed E-state index contributed by atoms with van der Waals surface area (Å²) in [5.41, 5.74) is 0. The quantitative estimate of drug-likeness (QED) is 0.666. The summed E-state index contributed by atoms with van der Waals surface area (Å²) in [6.07, 6.45) is 3.24. The Morgan fingerprint density at radius 3 is 2.75 bits per heavy atom. The minimum atomic E-state index is -2.84. The van der Waals surface area contributed by atoms with E-state index in [1.54, 1.807) is 0 Å². The van der Waals surface area contributed by atoms with Crippen LogP contribution >= 0.6 is 0 Å². The zero-order valence-corrected chi connectivity index (χ0v) is 10.1. The lowest BCUT2D eigenvalue weighted by atomic mass is 10.1. The molecule has 16 heavy (non-hydrogen) atoms. The standard InChI is InChI=1S/C10H19NO4S/c12-10(13)5-1-2-6-11-9-4-3-7-16(14,15)8-9/h9,11H,1-8H2,(H,12,13). The zero-order valence-electron chi connectivity index (χ0n) is 9.31. The van der Waals surface area contributed by atoms with Crippen molar-refractivity contribution in [1.82, 2.24) is 5.32 Å². The van der Waals surface area contributed by atoms with E-state index in [1.807, 2.05) is 0 Å². The third-order valence-corrected chi connectivity index (χ3v) is 4.53. The Hall–Kier alpha value is -0.620. The van der Waals surface area contributed by atoms with E-state index < -0.39 is 15.8 Å². The van der Waals surface area contributed by atoms with Gasteiger partial charge in [0.25, 0.3) is 0 Å². The van der Waals surface area contributed by atoms with Gasteiger partial charge in [0.05, 0.1) is 11.5 Å². The van der Waals surface area contributed by atoms with Crippen molar-refractivity contribution in [3.63, 3.8) is 0 Å². The second-order valence-corrected chi connectivity index (χ2v) is 6.49. The highest BCUT2D eigenvalue weighted by atomic mass is 32.2. The molecule has 1 atom stereocenters. The number of unbranched alkanes of at least 4 members (excludes halogenated alkanes) is 1. The number of nitrogens with one attached hydrogen (secondary N) is 1. The van der Waals surface area contributed by atoms with Crippen LogP contribution in [0.15, 0.2) is 0 Å². The summed E-state index contributed by atoms with van der Waals surface area (Å²) in [5, 5.41) is 11.6. The monoisotopic (exact) mass is 249 g/mol. The van der Waals surface area contributed by atoms with E-state index in [0.717, 1.165) is 19.3 Å². The van der Waals surface area contributed by atoms with Gasteiger partial charge in [0.1, 0.15) is 0 Å². The van der Waals surface area contributed by atoms with Gasteiger partial charge >= 0.3 is 5.97 Å². The predicted octanol–water partition coefficient (Wildman–Crippen LogP) is 0.408. The van der Waals surface area contributed by atoms with Crippen LogP contribution in [-0.4, -0.2) is 43.6 Å². The molecule has 0 radical (unpaired) electrons. The molecule has 5 nitrogen and oxygen atoms in total. The highest BCUT2D eigenvalue weighted by Gasteiger charge is 2.23. The van der Waals surface area contributed by atoms with Crippen LogP contribution in [0.4, 0.5) is 0 Å². The first kappa shape index (κ1) is 13.4. The van der Waals surface area contributed by atoms with Gasteiger partial charge in [-0.05, 0) is 32.2 Å². The summed E-state index contributed by atoms with van der Waals surface area (Å²) < 4.78 is 22.6. The number of sulfone groups is 1. The lowest BCUT2D eigenvalue weighted by Gasteiger charge is -2.22. The zero-order chi connectivity index (χ0) is 12.0. The van der Waals surface area contributed by atoms with Crippen molar-refractivity contribution in [2.24, 2.45) is 0 Å². The van der Waals surface area contributed by atoms with E-state index in [0.29, 0.717) is 18.7 Å². The van der Waals surface area contributed by atoms with Crippen LogP contribution in [0.25, 0.3) is 0 Å². The van der Waals surface area contributed by atoms with Crippen LogP contribution in [0.5, 0.6) is 0 Å². The molecule has 0 aromatic heterocycles. The molecular formula is C10H19NO4S. The maximum Gasteiger partial charge on any atom is 0.303 e. The van der Waals surface area contributed by atoms with Crippen LogP contribution in [0, 0.1) is 0 Å². The summed E-state index contributed by atoms with van der Waals surface area (Å²) in [5.74, 6) is -0.240. The Bertz CT molecular complexity index is 326. The van der Waals surface area contributed by atoms with Gasteiger partial charge in [-0.3, -0.25) is 4.79 Å². The van der Waals surface area contributed by atoms with Gasteiger partial charge in [0, 0.05) is 12.5 Å². The van der Waals surface area contributed by atoms with Crippen LogP contribution < -0.4 is 5.32 Å². The molecule has 0 aliphatic carbocycles. The molecule has 6 heteroatoms. The minimum Gasteiger partial charge on any atom is -0.481 e.